The van der Waals surface area contributed by atoms with Crippen molar-refractivity contribution in [1.82, 2.24) is 24.5 Å². The third kappa shape index (κ3) is 5.59. The number of anilines is 3. The highest BCUT2D eigenvalue weighted by Crippen LogP contribution is 2.40. The molecular formula is C45H32N6. The van der Waals surface area contributed by atoms with Crippen molar-refractivity contribution in [3.8, 4) is 39.1 Å². The molecule has 242 valence electrons. The van der Waals surface area contributed by atoms with E-state index in [0.717, 1.165) is 61.6 Å². The first-order valence-corrected chi connectivity index (χ1v) is 16.9. The summed E-state index contributed by atoms with van der Waals surface area (Å²) in [6.45, 7) is 2.20. The Morgan fingerprint density at radius 3 is 1.53 bits per heavy atom. The Morgan fingerprint density at radius 1 is 0.412 bits per heavy atom. The highest BCUT2D eigenvalue weighted by Gasteiger charge is 2.18. The van der Waals surface area contributed by atoms with Gasteiger partial charge in [0.1, 0.15) is 12.7 Å². The Labute approximate surface area is 296 Å². The van der Waals surface area contributed by atoms with Gasteiger partial charge in [0.15, 0.2) is 0 Å². The number of hydrogen-bond donors (Lipinski definition) is 0. The summed E-state index contributed by atoms with van der Waals surface area (Å²) in [6, 6.07) is 49.9. The van der Waals surface area contributed by atoms with Crippen molar-refractivity contribution in [2.75, 3.05) is 4.90 Å². The lowest BCUT2D eigenvalue weighted by Crippen LogP contribution is -2.09. The average molecular weight is 657 g/mol. The molecule has 0 atom stereocenters. The topological polar surface area (TPSA) is 59.7 Å². The smallest absolute Gasteiger partial charge is 0.115 e. The fourth-order valence-electron chi connectivity index (χ4n) is 7.07. The highest BCUT2D eigenvalue weighted by molar-refractivity contribution is 6.10. The molecule has 9 rings (SSSR count). The van der Waals surface area contributed by atoms with Crippen LogP contribution in [0.4, 0.5) is 17.1 Å². The van der Waals surface area contributed by atoms with E-state index in [1.165, 1.54) is 21.9 Å². The summed E-state index contributed by atoms with van der Waals surface area (Å²) < 4.78 is 2.40. The maximum absolute atomic E-state index is 4.27. The van der Waals surface area contributed by atoms with Gasteiger partial charge in [-0.25, -0.2) is 19.9 Å². The van der Waals surface area contributed by atoms with Gasteiger partial charge in [-0.3, -0.25) is 0 Å². The Bertz CT molecular complexity index is 2540. The summed E-state index contributed by atoms with van der Waals surface area (Å²) in [4.78, 5) is 19.4. The molecule has 0 aliphatic rings. The summed E-state index contributed by atoms with van der Waals surface area (Å²) in [7, 11) is 0. The lowest BCUT2D eigenvalue weighted by molar-refractivity contribution is 1.15. The van der Waals surface area contributed by atoms with Crippen LogP contribution in [0.5, 0.6) is 0 Å². The Balaban J connectivity index is 1.18. The first kappa shape index (κ1) is 30.2. The van der Waals surface area contributed by atoms with Crippen molar-refractivity contribution in [3.63, 3.8) is 0 Å². The van der Waals surface area contributed by atoms with E-state index in [4.69, 9.17) is 0 Å². The zero-order chi connectivity index (χ0) is 34.1. The van der Waals surface area contributed by atoms with Gasteiger partial charge in [-0.2, -0.15) is 0 Å². The fourth-order valence-corrected chi connectivity index (χ4v) is 7.07. The minimum absolute atomic E-state index is 0.952. The third-order valence-electron chi connectivity index (χ3n) is 9.44. The van der Waals surface area contributed by atoms with Gasteiger partial charge in [0.25, 0.3) is 0 Å². The standard InChI is InChI=1S/C45H32N6/c1-31-20-32(33-21-34(36-25-46-29-47-26-36)23-35(22-33)37-27-48-30-49-28-37)16-18-43(31)51-44-15-9-8-14-41(44)42-24-40(17-19-45(42)51)50(38-10-4-2-5-11-38)39-12-6-3-7-13-39/h2-30H,1H3. The van der Waals surface area contributed by atoms with Gasteiger partial charge in [-0.15, -0.1) is 0 Å². The maximum Gasteiger partial charge on any atom is 0.115 e. The van der Waals surface area contributed by atoms with Crippen molar-refractivity contribution in [2.24, 2.45) is 0 Å². The first-order chi connectivity index (χ1) is 25.2. The molecule has 0 amide bonds. The molecule has 0 unspecified atom stereocenters. The number of aromatic nitrogens is 5. The van der Waals surface area contributed by atoms with Crippen LogP contribution in [0.25, 0.3) is 60.9 Å². The van der Waals surface area contributed by atoms with Gasteiger partial charge in [-0.1, -0.05) is 60.7 Å². The van der Waals surface area contributed by atoms with Gasteiger partial charge in [0.2, 0.25) is 0 Å². The van der Waals surface area contributed by atoms with Crippen LogP contribution in [0.1, 0.15) is 5.56 Å². The van der Waals surface area contributed by atoms with E-state index >= 15 is 0 Å². The second-order valence-electron chi connectivity index (χ2n) is 12.6. The van der Waals surface area contributed by atoms with E-state index in [1.807, 2.05) is 24.8 Å². The number of benzene rings is 6. The zero-order valence-corrected chi connectivity index (χ0v) is 27.9. The minimum Gasteiger partial charge on any atom is -0.310 e. The third-order valence-corrected chi connectivity index (χ3v) is 9.44. The number of hydrogen-bond acceptors (Lipinski definition) is 5. The van der Waals surface area contributed by atoms with Crippen molar-refractivity contribution in [2.45, 2.75) is 6.92 Å². The van der Waals surface area contributed by atoms with Crippen LogP contribution in [0.3, 0.4) is 0 Å². The molecule has 51 heavy (non-hydrogen) atoms. The number of fused-ring (bicyclic) bond motifs is 3. The molecule has 0 saturated carbocycles. The summed E-state index contributed by atoms with van der Waals surface area (Å²) >= 11 is 0. The molecule has 0 bridgehead atoms. The molecular weight excluding hydrogens is 625 g/mol. The van der Waals surface area contributed by atoms with E-state index in [2.05, 4.69) is 176 Å². The molecule has 3 aromatic heterocycles. The molecule has 6 aromatic carbocycles. The molecule has 3 heterocycles. The largest absolute Gasteiger partial charge is 0.310 e. The van der Waals surface area contributed by atoms with Crippen LogP contribution >= 0.6 is 0 Å². The molecule has 0 aliphatic carbocycles. The van der Waals surface area contributed by atoms with Gasteiger partial charge < -0.3 is 9.47 Å². The summed E-state index contributed by atoms with van der Waals surface area (Å²) in [5, 5.41) is 2.42. The first-order valence-electron chi connectivity index (χ1n) is 16.9. The molecule has 0 radical (unpaired) electrons. The van der Waals surface area contributed by atoms with Crippen LogP contribution in [0.15, 0.2) is 177 Å². The van der Waals surface area contributed by atoms with Gasteiger partial charge in [0.05, 0.1) is 11.0 Å². The lowest BCUT2D eigenvalue weighted by atomic mass is 9.94. The molecule has 0 spiro atoms. The fraction of sp³-hybridized carbons (Fsp3) is 0.0222. The molecule has 6 nitrogen and oxygen atoms in total. The zero-order valence-electron chi connectivity index (χ0n) is 27.9. The van der Waals surface area contributed by atoms with Crippen molar-refractivity contribution >= 4 is 38.9 Å². The lowest BCUT2D eigenvalue weighted by Gasteiger charge is -2.25. The van der Waals surface area contributed by atoms with Crippen LogP contribution in [-0.2, 0) is 0 Å². The highest BCUT2D eigenvalue weighted by atomic mass is 15.1. The second kappa shape index (κ2) is 12.8. The van der Waals surface area contributed by atoms with Crippen LogP contribution in [-0.4, -0.2) is 24.5 Å². The number of nitrogens with zero attached hydrogens (tertiary/aromatic N) is 6. The second-order valence-corrected chi connectivity index (χ2v) is 12.6. The van der Waals surface area contributed by atoms with Crippen LogP contribution < -0.4 is 4.90 Å². The Hall–Kier alpha value is -6.92. The number of aryl methyl sites for hydroxylation is 1. The predicted molar refractivity (Wildman–Crippen MR) is 208 cm³/mol. The number of rotatable bonds is 7. The monoisotopic (exact) mass is 656 g/mol. The molecule has 0 fully saturated rings. The Morgan fingerprint density at radius 2 is 0.941 bits per heavy atom. The normalized spacial score (nSPS) is 11.2. The van der Waals surface area contributed by atoms with E-state index < -0.39 is 0 Å². The van der Waals surface area contributed by atoms with Gasteiger partial charge in [-0.05, 0) is 114 Å². The van der Waals surface area contributed by atoms with E-state index in [0.29, 0.717) is 0 Å². The molecule has 6 heteroatoms. The number of para-hydroxylation sites is 3. The molecule has 0 N–H and O–H groups in total. The average Bonchev–Trinajstić information content (AvgIpc) is 3.53. The van der Waals surface area contributed by atoms with Crippen molar-refractivity contribution < 1.29 is 0 Å². The Kier molecular flexibility index (Phi) is 7.59. The predicted octanol–water partition coefficient (Wildman–Crippen LogP) is 11.1. The quantitative estimate of drug-likeness (QED) is 0.171. The van der Waals surface area contributed by atoms with Crippen LogP contribution in [0.2, 0.25) is 0 Å². The van der Waals surface area contributed by atoms with E-state index in [-0.39, 0.29) is 0 Å². The summed E-state index contributed by atoms with van der Waals surface area (Å²) in [5.41, 5.74) is 14.2. The van der Waals surface area contributed by atoms with Crippen molar-refractivity contribution in [1.29, 1.82) is 0 Å². The van der Waals surface area contributed by atoms with Gasteiger partial charge >= 0.3 is 0 Å². The molecule has 9 aromatic rings. The van der Waals surface area contributed by atoms with Gasteiger partial charge in [0, 0.05) is 69.4 Å². The van der Waals surface area contributed by atoms with E-state index in [9.17, 15) is 0 Å². The molecule has 0 saturated heterocycles. The minimum atomic E-state index is 0.952. The molecule has 0 aliphatic heterocycles. The van der Waals surface area contributed by atoms with Crippen molar-refractivity contribution in [3.05, 3.63) is 183 Å². The summed E-state index contributed by atoms with van der Waals surface area (Å²) in [6.07, 6.45) is 10.5. The van der Waals surface area contributed by atoms with E-state index in [1.54, 1.807) is 12.7 Å². The summed E-state index contributed by atoms with van der Waals surface area (Å²) in [5.74, 6) is 0. The van der Waals surface area contributed by atoms with Crippen LogP contribution in [0, 0.1) is 6.92 Å². The maximum atomic E-state index is 4.27. The SMILES string of the molecule is Cc1cc(-c2cc(-c3cncnc3)cc(-c3cncnc3)c2)ccc1-n1c2ccccc2c2cc(N(c3ccccc3)c3ccccc3)ccc21.